The minimum absolute atomic E-state index is 0.174. The third-order valence-corrected chi connectivity index (χ3v) is 4.44. The van der Waals surface area contributed by atoms with Crippen LogP contribution in [0, 0.1) is 5.92 Å². The van der Waals surface area contributed by atoms with Crippen LogP contribution in [0.1, 0.15) is 23.7 Å². The molecular weight excluding hydrogens is 399 g/mol. The topological polar surface area (TPSA) is 98.1 Å². The number of hydrogen-bond acceptors (Lipinski definition) is 3. The number of amides is 1. The van der Waals surface area contributed by atoms with Crippen molar-refractivity contribution in [3.63, 3.8) is 0 Å². The molecule has 1 fully saturated rings. The van der Waals surface area contributed by atoms with Crippen LogP contribution in [0.4, 0.5) is 18.0 Å². The van der Waals surface area contributed by atoms with Crippen molar-refractivity contribution in [2.24, 2.45) is 5.92 Å². The van der Waals surface area contributed by atoms with E-state index in [9.17, 15) is 27.9 Å². The number of benzene rings is 1. The molecule has 0 radical (unpaired) electrons. The average molecular weight is 412 g/mol. The van der Waals surface area contributed by atoms with Gasteiger partial charge in [0, 0.05) is 16.9 Å². The highest BCUT2D eigenvalue weighted by atomic mass is 79.9. The molecule has 1 aliphatic rings. The summed E-state index contributed by atoms with van der Waals surface area (Å²) in [4.78, 5) is 22.8. The van der Waals surface area contributed by atoms with Crippen LogP contribution >= 0.6 is 15.9 Å². The fourth-order valence-electron chi connectivity index (χ4n) is 2.83. The van der Waals surface area contributed by atoms with Gasteiger partial charge in [0.2, 0.25) is 0 Å². The van der Waals surface area contributed by atoms with Crippen molar-refractivity contribution in [1.82, 2.24) is 4.90 Å². The van der Waals surface area contributed by atoms with Crippen molar-refractivity contribution >= 4 is 28.0 Å². The lowest BCUT2D eigenvalue weighted by Gasteiger charge is -2.22. The molecule has 6 nitrogen and oxygen atoms in total. The number of aliphatic hydroxyl groups excluding tert-OH is 1. The number of rotatable bonds is 3. The molecule has 24 heavy (non-hydrogen) atoms. The second kappa shape index (κ2) is 6.60. The summed E-state index contributed by atoms with van der Waals surface area (Å²) in [6, 6.07) is 1.84. The van der Waals surface area contributed by atoms with Crippen LogP contribution in [0.5, 0.6) is 0 Å². The molecule has 1 amide bonds. The van der Waals surface area contributed by atoms with Gasteiger partial charge in [-0.15, -0.1) is 0 Å². The van der Waals surface area contributed by atoms with Gasteiger partial charge in [-0.05, 0) is 24.1 Å². The number of alkyl halides is 3. The molecule has 3 atom stereocenters. The third-order valence-electron chi connectivity index (χ3n) is 3.95. The number of likely N-dealkylation sites (tertiary alicyclic amines) is 1. The lowest BCUT2D eigenvalue weighted by molar-refractivity contribution is -0.142. The Hall–Kier alpha value is -1.81. The van der Waals surface area contributed by atoms with Gasteiger partial charge in [-0.2, -0.15) is 13.2 Å². The second-order valence-corrected chi connectivity index (χ2v) is 6.37. The number of aliphatic hydroxyl groups is 1. The monoisotopic (exact) mass is 411 g/mol. The molecule has 2 rings (SSSR count). The Labute approximate surface area is 142 Å². The standard InChI is InChI=1S/C14H13BrF3NO5/c15-7-1-2-8(9(4-7)14(16,17)18)11(20)6-3-10(12(21)22)19(5-6)13(23)24/h1-2,4,6,10-11,20H,3,5H2,(H,21,22)(H,23,24)/t6?,10-,11?/m0/s1. The Kier molecular flexibility index (Phi) is 5.09. The number of aliphatic carboxylic acids is 1. The molecule has 3 N–H and O–H groups in total. The van der Waals surface area contributed by atoms with Gasteiger partial charge < -0.3 is 15.3 Å². The van der Waals surface area contributed by atoms with Gasteiger partial charge in [0.05, 0.1) is 11.7 Å². The molecule has 2 unspecified atom stereocenters. The van der Waals surface area contributed by atoms with E-state index in [2.05, 4.69) is 15.9 Å². The third kappa shape index (κ3) is 3.64. The lowest BCUT2D eigenvalue weighted by Crippen LogP contribution is -2.39. The smallest absolute Gasteiger partial charge is 0.416 e. The first-order valence-corrected chi connectivity index (χ1v) is 7.58. The summed E-state index contributed by atoms with van der Waals surface area (Å²) in [6.45, 7) is -0.360. The Morgan fingerprint density at radius 1 is 1.29 bits per heavy atom. The number of carboxylic acids is 1. The fraction of sp³-hybridized carbons (Fsp3) is 0.429. The summed E-state index contributed by atoms with van der Waals surface area (Å²) in [7, 11) is 0. The predicted molar refractivity (Wildman–Crippen MR) is 78.4 cm³/mol. The summed E-state index contributed by atoms with van der Waals surface area (Å²) >= 11 is 2.93. The average Bonchev–Trinajstić information content (AvgIpc) is 2.91. The second-order valence-electron chi connectivity index (χ2n) is 5.46. The first-order chi connectivity index (χ1) is 11.0. The van der Waals surface area contributed by atoms with E-state index < -0.39 is 47.4 Å². The highest BCUT2D eigenvalue weighted by Gasteiger charge is 2.44. The van der Waals surface area contributed by atoms with E-state index in [0.717, 1.165) is 12.1 Å². The maximum Gasteiger partial charge on any atom is 0.416 e. The fourth-order valence-corrected chi connectivity index (χ4v) is 3.19. The van der Waals surface area contributed by atoms with Crippen molar-refractivity contribution in [2.75, 3.05) is 6.54 Å². The molecule has 1 aliphatic heterocycles. The summed E-state index contributed by atoms with van der Waals surface area (Å²) in [6.07, 6.45) is -8.11. The molecule has 1 aromatic carbocycles. The van der Waals surface area contributed by atoms with Gasteiger partial charge in [0.25, 0.3) is 0 Å². The first kappa shape index (κ1) is 18.5. The maximum atomic E-state index is 13.2. The van der Waals surface area contributed by atoms with Crippen LogP contribution in [0.2, 0.25) is 0 Å². The maximum absolute atomic E-state index is 13.2. The van der Waals surface area contributed by atoms with Crippen LogP contribution in [-0.4, -0.2) is 44.9 Å². The van der Waals surface area contributed by atoms with Crippen LogP contribution < -0.4 is 0 Å². The number of halogens is 4. The summed E-state index contributed by atoms with van der Waals surface area (Å²) in [5.74, 6) is -2.36. The Morgan fingerprint density at radius 3 is 2.38 bits per heavy atom. The highest BCUT2D eigenvalue weighted by Crippen LogP contribution is 2.41. The molecule has 1 aromatic rings. The molecule has 0 aromatic heterocycles. The SMILES string of the molecule is O=C(O)[C@@H]1CC(C(O)c2ccc(Br)cc2C(F)(F)F)CN1C(=O)O. The Morgan fingerprint density at radius 2 is 1.92 bits per heavy atom. The van der Waals surface area contributed by atoms with Crippen molar-refractivity contribution in [2.45, 2.75) is 24.7 Å². The van der Waals surface area contributed by atoms with Gasteiger partial charge in [-0.1, -0.05) is 22.0 Å². The zero-order valence-corrected chi connectivity index (χ0v) is 13.6. The molecule has 1 saturated heterocycles. The van der Waals surface area contributed by atoms with E-state index >= 15 is 0 Å². The molecule has 10 heteroatoms. The first-order valence-electron chi connectivity index (χ1n) is 6.79. The molecular formula is C14H13BrF3NO5. The van der Waals surface area contributed by atoms with Gasteiger partial charge in [0.15, 0.2) is 0 Å². The highest BCUT2D eigenvalue weighted by molar-refractivity contribution is 9.10. The quantitative estimate of drug-likeness (QED) is 0.710. The molecule has 0 spiro atoms. The van der Waals surface area contributed by atoms with Crippen LogP contribution in [0.3, 0.4) is 0 Å². The van der Waals surface area contributed by atoms with Crippen LogP contribution in [-0.2, 0) is 11.0 Å². The number of carboxylic acid groups (broad SMARTS) is 2. The summed E-state index contributed by atoms with van der Waals surface area (Å²) in [5.41, 5.74) is -1.46. The number of nitrogens with zero attached hydrogens (tertiary/aromatic N) is 1. The summed E-state index contributed by atoms with van der Waals surface area (Å²) in [5, 5.41) is 28.4. The van der Waals surface area contributed by atoms with Gasteiger partial charge in [0.1, 0.15) is 6.04 Å². The van der Waals surface area contributed by atoms with Crippen molar-refractivity contribution < 1.29 is 38.1 Å². The van der Waals surface area contributed by atoms with Gasteiger partial charge >= 0.3 is 18.2 Å². The van der Waals surface area contributed by atoms with Crippen molar-refractivity contribution in [3.05, 3.63) is 33.8 Å². The minimum atomic E-state index is -4.71. The van der Waals surface area contributed by atoms with Crippen LogP contribution in [0.25, 0.3) is 0 Å². The van der Waals surface area contributed by atoms with E-state index in [1.807, 2.05) is 0 Å². The largest absolute Gasteiger partial charge is 0.480 e. The molecule has 132 valence electrons. The molecule has 1 heterocycles. The van der Waals surface area contributed by atoms with E-state index in [4.69, 9.17) is 10.2 Å². The van der Waals surface area contributed by atoms with Gasteiger partial charge in [-0.25, -0.2) is 9.59 Å². The normalized spacial score (nSPS) is 22.5. The van der Waals surface area contributed by atoms with E-state index in [0.29, 0.717) is 4.90 Å². The van der Waals surface area contributed by atoms with Crippen LogP contribution in [0.15, 0.2) is 22.7 Å². The Bertz CT molecular complexity index is 644. The minimum Gasteiger partial charge on any atom is -0.480 e. The van der Waals surface area contributed by atoms with E-state index in [1.54, 1.807) is 0 Å². The number of carbonyl (C=O) groups is 2. The van der Waals surface area contributed by atoms with E-state index in [-0.39, 0.29) is 17.4 Å². The van der Waals surface area contributed by atoms with Crippen molar-refractivity contribution in [1.29, 1.82) is 0 Å². The zero-order chi connectivity index (χ0) is 18.2. The summed E-state index contributed by atoms with van der Waals surface area (Å²) < 4.78 is 39.6. The molecule has 0 aliphatic carbocycles. The van der Waals surface area contributed by atoms with Gasteiger partial charge in [-0.3, -0.25) is 4.90 Å². The van der Waals surface area contributed by atoms with E-state index in [1.165, 1.54) is 6.07 Å². The zero-order valence-electron chi connectivity index (χ0n) is 12.0. The molecule has 0 saturated carbocycles. The molecule has 0 bridgehead atoms. The predicted octanol–water partition coefficient (Wildman–Crippen LogP) is 2.95. The van der Waals surface area contributed by atoms with Crippen molar-refractivity contribution in [3.8, 4) is 0 Å². The Balaban J connectivity index is 2.35. The lowest BCUT2D eigenvalue weighted by atomic mass is 9.90. The number of hydrogen-bond donors (Lipinski definition) is 3.